The Balaban J connectivity index is 2.00. The largest absolute Gasteiger partial charge is 0.465 e. The first kappa shape index (κ1) is 12.3. The average Bonchev–Trinajstić information content (AvgIpc) is 2.43. The Morgan fingerprint density at radius 1 is 1.37 bits per heavy atom. The summed E-state index contributed by atoms with van der Waals surface area (Å²) < 4.78 is 4.69. The number of carbonyl (C=O) groups is 1. The number of aromatic nitrogens is 1. The predicted molar refractivity (Wildman–Crippen MR) is 74.4 cm³/mol. The van der Waals surface area contributed by atoms with Crippen molar-refractivity contribution in [3.8, 4) is 0 Å². The lowest BCUT2D eigenvalue weighted by Gasteiger charge is -2.20. The zero-order chi connectivity index (χ0) is 13.4. The van der Waals surface area contributed by atoms with Crippen molar-refractivity contribution in [2.24, 2.45) is 0 Å². The van der Waals surface area contributed by atoms with E-state index in [0.29, 0.717) is 16.4 Å². The molecule has 1 aromatic carbocycles. The fourth-order valence-electron chi connectivity index (χ4n) is 1.78. The molecule has 0 saturated heterocycles. The lowest BCUT2D eigenvalue weighted by Crippen LogP contribution is -2.06. The van der Waals surface area contributed by atoms with Crippen LogP contribution in [0.5, 0.6) is 0 Å². The summed E-state index contributed by atoms with van der Waals surface area (Å²) in [6.45, 7) is 0. The van der Waals surface area contributed by atoms with E-state index >= 15 is 0 Å². The number of hydrogen-bond acceptors (Lipinski definition) is 5. The summed E-state index contributed by atoms with van der Waals surface area (Å²) >= 11 is 7.50. The molecule has 4 nitrogen and oxygen atoms in total. The Labute approximate surface area is 119 Å². The maximum absolute atomic E-state index is 11.5. The van der Waals surface area contributed by atoms with E-state index in [0.717, 1.165) is 15.5 Å². The van der Waals surface area contributed by atoms with Crippen LogP contribution in [0, 0.1) is 0 Å². The molecule has 0 atom stereocenters. The SMILES string of the molecule is COC(=O)c1cnc2c(c1)Sc1ccc(Cl)cc1N2. The molecule has 0 amide bonds. The van der Waals surface area contributed by atoms with Gasteiger partial charge in [0.25, 0.3) is 0 Å². The topological polar surface area (TPSA) is 51.2 Å². The van der Waals surface area contributed by atoms with Crippen LogP contribution in [0.1, 0.15) is 10.4 Å². The number of fused-ring (bicyclic) bond motifs is 2. The number of methoxy groups -OCH3 is 1. The molecule has 2 aromatic rings. The summed E-state index contributed by atoms with van der Waals surface area (Å²) in [7, 11) is 1.35. The van der Waals surface area contributed by atoms with E-state index in [-0.39, 0.29) is 0 Å². The minimum absolute atomic E-state index is 0.391. The van der Waals surface area contributed by atoms with E-state index in [1.165, 1.54) is 13.3 Å². The van der Waals surface area contributed by atoms with Gasteiger partial charge >= 0.3 is 5.97 Å². The van der Waals surface area contributed by atoms with Crippen LogP contribution in [0.15, 0.2) is 40.3 Å². The number of esters is 1. The van der Waals surface area contributed by atoms with Crippen LogP contribution in [0.4, 0.5) is 11.5 Å². The third-order valence-electron chi connectivity index (χ3n) is 2.69. The number of benzene rings is 1. The Morgan fingerprint density at radius 2 is 2.21 bits per heavy atom. The van der Waals surface area contributed by atoms with E-state index in [1.807, 2.05) is 18.2 Å². The van der Waals surface area contributed by atoms with Crippen LogP contribution in [0.3, 0.4) is 0 Å². The van der Waals surface area contributed by atoms with Gasteiger partial charge in [-0.25, -0.2) is 9.78 Å². The molecule has 0 spiro atoms. The van der Waals surface area contributed by atoms with Gasteiger partial charge in [-0.1, -0.05) is 23.4 Å². The summed E-state index contributed by atoms with van der Waals surface area (Å²) in [5.74, 6) is 0.324. The molecule has 0 bridgehead atoms. The van der Waals surface area contributed by atoms with E-state index in [9.17, 15) is 4.79 Å². The summed E-state index contributed by atoms with van der Waals surface area (Å²) in [5, 5.41) is 3.86. The van der Waals surface area contributed by atoms with E-state index in [1.54, 1.807) is 17.8 Å². The van der Waals surface area contributed by atoms with Gasteiger partial charge in [0.15, 0.2) is 0 Å². The molecule has 0 saturated carbocycles. The fraction of sp³-hybridized carbons (Fsp3) is 0.0769. The second kappa shape index (κ2) is 4.75. The molecule has 1 aliphatic heterocycles. The third kappa shape index (κ3) is 2.27. The summed E-state index contributed by atoms with van der Waals surface area (Å²) in [6.07, 6.45) is 1.49. The molecular formula is C13H9ClN2O2S. The zero-order valence-electron chi connectivity index (χ0n) is 9.94. The van der Waals surface area contributed by atoms with Crippen molar-refractivity contribution in [2.45, 2.75) is 9.79 Å². The minimum atomic E-state index is -0.391. The smallest absolute Gasteiger partial charge is 0.339 e. The number of nitrogens with zero attached hydrogens (tertiary/aromatic N) is 1. The zero-order valence-corrected chi connectivity index (χ0v) is 11.5. The van der Waals surface area contributed by atoms with Gasteiger partial charge in [-0.05, 0) is 24.3 Å². The van der Waals surface area contributed by atoms with Gasteiger partial charge < -0.3 is 10.1 Å². The second-order valence-electron chi connectivity index (χ2n) is 3.93. The number of carbonyl (C=O) groups excluding carboxylic acids is 1. The monoisotopic (exact) mass is 292 g/mol. The number of rotatable bonds is 1. The molecule has 0 radical (unpaired) electrons. The molecule has 6 heteroatoms. The Bertz CT molecular complexity index is 676. The van der Waals surface area contributed by atoms with Crippen LogP contribution in [0.25, 0.3) is 0 Å². The van der Waals surface area contributed by atoms with Crippen LogP contribution in [0.2, 0.25) is 5.02 Å². The highest BCUT2D eigenvalue weighted by molar-refractivity contribution is 7.99. The second-order valence-corrected chi connectivity index (χ2v) is 5.45. The van der Waals surface area contributed by atoms with Crippen molar-refractivity contribution in [3.63, 3.8) is 0 Å². The molecule has 1 aliphatic rings. The van der Waals surface area contributed by atoms with E-state index < -0.39 is 5.97 Å². The standard InChI is InChI=1S/C13H9ClN2O2S/c1-18-13(17)7-4-11-12(15-6-7)16-9-5-8(14)2-3-10(9)19-11/h2-6H,1H3,(H,15,16). The quantitative estimate of drug-likeness (QED) is 0.693. The lowest BCUT2D eigenvalue weighted by molar-refractivity contribution is 0.0600. The third-order valence-corrected chi connectivity index (χ3v) is 4.03. The van der Waals surface area contributed by atoms with Gasteiger partial charge in [-0.3, -0.25) is 0 Å². The summed E-state index contributed by atoms with van der Waals surface area (Å²) in [5.41, 5.74) is 1.36. The Morgan fingerprint density at radius 3 is 3.00 bits per heavy atom. The number of anilines is 2. The van der Waals surface area contributed by atoms with E-state index in [2.05, 4.69) is 15.0 Å². The number of hydrogen-bond donors (Lipinski definition) is 1. The van der Waals surface area contributed by atoms with Crippen molar-refractivity contribution in [3.05, 3.63) is 41.0 Å². The Hall–Kier alpha value is -1.72. The average molecular weight is 293 g/mol. The van der Waals surface area contributed by atoms with Crippen molar-refractivity contribution in [1.29, 1.82) is 0 Å². The molecule has 2 heterocycles. The first-order valence-corrected chi connectivity index (χ1v) is 6.69. The van der Waals surface area contributed by atoms with Gasteiger partial charge in [0, 0.05) is 16.1 Å². The maximum Gasteiger partial charge on any atom is 0.339 e. The molecule has 0 unspecified atom stereocenters. The fourth-order valence-corrected chi connectivity index (χ4v) is 2.93. The van der Waals surface area contributed by atoms with Crippen molar-refractivity contribution in [1.82, 2.24) is 4.98 Å². The molecule has 3 rings (SSSR count). The molecule has 96 valence electrons. The van der Waals surface area contributed by atoms with E-state index in [4.69, 9.17) is 11.6 Å². The lowest BCUT2D eigenvalue weighted by atomic mass is 10.2. The number of nitrogens with one attached hydrogen (secondary N) is 1. The Kier molecular flexibility index (Phi) is 3.08. The first-order chi connectivity index (χ1) is 9.17. The number of halogens is 1. The molecule has 0 fully saturated rings. The van der Waals surface area contributed by atoms with Gasteiger partial charge in [0.2, 0.25) is 0 Å². The first-order valence-electron chi connectivity index (χ1n) is 5.50. The van der Waals surface area contributed by atoms with Crippen LogP contribution < -0.4 is 5.32 Å². The highest BCUT2D eigenvalue weighted by atomic mass is 35.5. The van der Waals surface area contributed by atoms with Gasteiger partial charge in [-0.2, -0.15) is 0 Å². The maximum atomic E-state index is 11.5. The molecule has 1 N–H and O–H groups in total. The van der Waals surface area contributed by atoms with Crippen molar-refractivity contribution >= 4 is 40.8 Å². The van der Waals surface area contributed by atoms with Gasteiger partial charge in [0.1, 0.15) is 5.82 Å². The minimum Gasteiger partial charge on any atom is -0.465 e. The molecular weight excluding hydrogens is 284 g/mol. The molecule has 0 aliphatic carbocycles. The van der Waals surface area contributed by atoms with Crippen LogP contribution in [-0.4, -0.2) is 18.1 Å². The van der Waals surface area contributed by atoms with Gasteiger partial charge in [-0.15, -0.1) is 0 Å². The highest BCUT2D eigenvalue weighted by Crippen LogP contribution is 2.44. The summed E-state index contributed by atoms with van der Waals surface area (Å²) in [6, 6.07) is 7.38. The summed E-state index contributed by atoms with van der Waals surface area (Å²) in [4.78, 5) is 17.7. The van der Waals surface area contributed by atoms with Crippen molar-refractivity contribution < 1.29 is 9.53 Å². The van der Waals surface area contributed by atoms with Crippen LogP contribution >= 0.6 is 23.4 Å². The highest BCUT2D eigenvalue weighted by Gasteiger charge is 2.19. The molecule has 1 aromatic heterocycles. The number of pyridine rings is 1. The number of ether oxygens (including phenoxy) is 1. The van der Waals surface area contributed by atoms with Gasteiger partial charge in [0.05, 0.1) is 23.3 Å². The molecule has 19 heavy (non-hydrogen) atoms. The van der Waals surface area contributed by atoms with Crippen LogP contribution in [-0.2, 0) is 4.74 Å². The normalized spacial score (nSPS) is 12.1. The predicted octanol–water partition coefficient (Wildman–Crippen LogP) is 3.73. The van der Waals surface area contributed by atoms with Crippen molar-refractivity contribution in [2.75, 3.05) is 12.4 Å².